The van der Waals surface area contributed by atoms with Crippen molar-refractivity contribution in [2.24, 2.45) is 0 Å². The van der Waals surface area contributed by atoms with Crippen LogP contribution in [0, 0.1) is 0 Å². The molecule has 112 valence electrons. The van der Waals surface area contributed by atoms with Crippen LogP contribution >= 0.6 is 0 Å². The molecule has 2 N–H and O–H groups in total. The van der Waals surface area contributed by atoms with Crippen LogP contribution in [-0.4, -0.2) is 46.6 Å². The summed E-state index contributed by atoms with van der Waals surface area (Å²) in [5, 5.41) is 10.0. The lowest BCUT2D eigenvalue weighted by Gasteiger charge is -2.31. The maximum atomic E-state index is 12.4. The Hall–Kier alpha value is -2.50. The molecular weight excluding hydrogens is 272 g/mol. The maximum absolute atomic E-state index is 12.4. The number of H-pyrrole nitrogens is 1. The molecule has 6 nitrogen and oxygen atoms in total. The van der Waals surface area contributed by atoms with Gasteiger partial charge < -0.3 is 19.7 Å². The van der Waals surface area contributed by atoms with Crippen LogP contribution in [-0.2, 0) is 4.79 Å². The summed E-state index contributed by atoms with van der Waals surface area (Å²) >= 11 is 0. The highest BCUT2D eigenvalue weighted by atomic mass is 16.5. The second-order valence-corrected chi connectivity index (χ2v) is 5.36. The van der Waals surface area contributed by atoms with Gasteiger partial charge in [-0.3, -0.25) is 4.79 Å². The fraction of sp³-hybridized carbons (Fsp3) is 0.333. The number of benzene rings is 1. The van der Waals surface area contributed by atoms with E-state index in [-0.39, 0.29) is 5.91 Å². The molecule has 0 atom stereocenters. The van der Waals surface area contributed by atoms with Gasteiger partial charge in [-0.15, -0.1) is 0 Å². The molecular formula is C15H18N2O4. The number of hydrogen-bond acceptors (Lipinski definition) is 3. The van der Waals surface area contributed by atoms with E-state index in [4.69, 9.17) is 4.74 Å². The number of nitrogens with one attached hydrogen (secondary N) is 1. The van der Waals surface area contributed by atoms with E-state index >= 15 is 0 Å². The Balaban J connectivity index is 2.37. The van der Waals surface area contributed by atoms with Gasteiger partial charge in [0.2, 0.25) is 0 Å². The van der Waals surface area contributed by atoms with Crippen LogP contribution in [0.15, 0.2) is 24.3 Å². The van der Waals surface area contributed by atoms with Gasteiger partial charge in [0.25, 0.3) is 5.91 Å². The number of aromatic nitrogens is 1. The number of rotatable bonds is 4. The minimum atomic E-state index is -1.29. The van der Waals surface area contributed by atoms with Crippen LogP contribution in [0.25, 0.3) is 10.9 Å². The lowest BCUT2D eigenvalue weighted by molar-refractivity contribution is -0.147. The molecule has 2 aromatic rings. The number of likely N-dealkylation sites (N-methyl/N-ethyl adjacent to an activating group) is 1. The number of hydrogen-bond donors (Lipinski definition) is 2. The summed E-state index contributed by atoms with van der Waals surface area (Å²) < 4.78 is 5.14. The standard InChI is InChI=1S/C15H18N2O4/c1-15(2,14(19)20)17(3)13(18)12-8-9-7-10(21-4)5-6-11(9)16-12/h5-8,16H,1-4H3,(H,19,20). The molecule has 0 aliphatic carbocycles. The number of carboxylic acids is 1. The third-order valence-corrected chi connectivity index (χ3v) is 3.72. The summed E-state index contributed by atoms with van der Waals surface area (Å²) in [7, 11) is 3.05. The topological polar surface area (TPSA) is 82.6 Å². The van der Waals surface area contributed by atoms with Crippen molar-refractivity contribution in [3.05, 3.63) is 30.0 Å². The van der Waals surface area contributed by atoms with Gasteiger partial charge >= 0.3 is 5.97 Å². The van der Waals surface area contributed by atoms with Gasteiger partial charge in [0, 0.05) is 18.0 Å². The third-order valence-electron chi connectivity index (χ3n) is 3.72. The zero-order chi connectivity index (χ0) is 15.8. The van der Waals surface area contributed by atoms with E-state index in [1.165, 1.54) is 25.8 Å². The van der Waals surface area contributed by atoms with E-state index in [0.29, 0.717) is 11.4 Å². The first-order chi connectivity index (χ1) is 9.77. The van der Waals surface area contributed by atoms with Crippen molar-refractivity contribution in [1.29, 1.82) is 0 Å². The summed E-state index contributed by atoms with van der Waals surface area (Å²) in [5.74, 6) is -0.742. The lowest BCUT2D eigenvalue weighted by atomic mass is 10.0. The smallest absolute Gasteiger partial charge is 0.329 e. The van der Waals surface area contributed by atoms with Gasteiger partial charge in [0.05, 0.1) is 7.11 Å². The van der Waals surface area contributed by atoms with Gasteiger partial charge in [-0.2, -0.15) is 0 Å². The van der Waals surface area contributed by atoms with Crippen molar-refractivity contribution in [2.75, 3.05) is 14.2 Å². The molecule has 1 aromatic carbocycles. The third kappa shape index (κ3) is 2.56. The number of nitrogens with zero attached hydrogens (tertiary/aromatic N) is 1. The number of carbonyl (C=O) groups is 2. The fourth-order valence-electron chi connectivity index (χ4n) is 1.93. The van der Waals surface area contributed by atoms with E-state index in [0.717, 1.165) is 10.9 Å². The first kappa shape index (κ1) is 14.9. The van der Waals surface area contributed by atoms with Crippen LogP contribution < -0.4 is 4.74 Å². The Morgan fingerprint density at radius 1 is 1.29 bits per heavy atom. The van der Waals surface area contributed by atoms with Crippen LogP contribution in [0.5, 0.6) is 5.75 Å². The average Bonchev–Trinajstić information content (AvgIpc) is 2.87. The molecule has 0 spiro atoms. The minimum Gasteiger partial charge on any atom is -0.497 e. The molecule has 1 heterocycles. The molecule has 21 heavy (non-hydrogen) atoms. The second-order valence-electron chi connectivity index (χ2n) is 5.36. The molecule has 0 aliphatic heterocycles. The van der Waals surface area contributed by atoms with E-state index in [1.807, 2.05) is 12.1 Å². The highest BCUT2D eigenvalue weighted by Gasteiger charge is 2.36. The summed E-state index contributed by atoms with van der Waals surface area (Å²) in [6, 6.07) is 7.10. The summed E-state index contributed by atoms with van der Waals surface area (Å²) in [6.45, 7) is 2.97. The number of aliphatic carboxylic acids is 1. The molecule has 0 bridgehead atoms. The lowest BCUT2D eigenvalue weighted by Crippen LogP contribution is -2.50. The number of carboxylic acid groups (broad SMARTS) is 1. The predicted molar refractivity (Wildman–Crippen MR) is 78.7 cm³/mol. The van der Waals surface area contributed by atoms with Crippen LogP contribution in [0.1, 0.15) is 24.3 Å². The predicted octanol–water partition coefficient (Wildman–Crippen LogP) is 2.11. The first-order valence-corrected chi connectivity index (χ1v) is 6.45. The largest absolute Gasteiger partial charge is 0.497 e. The average molecular weight is 290 g/mol. The zero-order valence-electron chi connectivity index (χ0n) is 12.4. The first-order valence-electron chi connectivity index (χ1n) is 6.45. The van der Waals surface area contributed by atoms with E-state index < -0.39 is 11.5 Å². The maximum Gasteiger partial charge on any atom is 0.329 e. The SMILES string of the molecule is COc1ccc2[nH]c(C(=O)N(C)C(C)(C)C(=O)O)cc2c1. The Morgan fingerprint density at radius 3 is 2.52 bits per heavy atom. The van der Waals surface area contributed by atoms with Crippen molar-refractivity contribution < 1.29 is 19.4 Å². The highest BCUT2D eigenvalue weighted by molar-refractivity contribution is 6.00. The molecule has 1 aromatic heterocycles. The molecule has 0 aliphatic rings. The molecule has 6 heteroatoms. The van der Waals surface area contributed by atoms with Crippen molar-refractivity contribution in [3.8, 4) is 5.75 Å². The highest BCUT2D eigenvalue weighted by Crippen LogP contribution is 2.23. The van der Waals surface area contributed by atoms with E-state index in [9.17, 15) is 14.7 Å². The zero-order valence-corrected chi connectivity index (χ0v) is 12.4. The molecule has 0 fully saturated rings. The summed E-state index contributed by atoms with van der Waals surface area (Å²) in [4.78, 5) is 27.9. The summed E-state index contributed by atoms with van der Waals surface area (Å²) in [6.07, 6.45) is 0. The van der Waals surface area contributed by atoms with Crippen molar-refractivity contribution >= 4 is 22.8 Å². The van der Waals surface area contributed by atoms with Crippen LogP contribution in [0.4, 0.5) is 0 Å². The number of methoxy groups -OCH3 is 1. The number of aromatic amines is 1. The quantitative estimate of drug-likeness (QED) is 0.903. The van der Waals surface area contributed by atoms with Crippen molar-refractivity contribution in [2.45, 2.75) is 19.4 Å². The Labute approximate surface area is 122 Å². The Bertz CT molecular complexity index is 703. The van der Waals surface area contributed by atoms with Gasteiger partial charge in [0.1, 0.15) is 17.0 Å². The van der Waals surface area contributed by atoms with Gasteiger partial charge in [0.15, 0.2) is 0 Å². The van der Waals surface area contributed by atoms with Gasteiger partial charge in [-0.1, -0.05) is 0 Å². The molecule has 1 amide bonds. The fourth-order valence-corrected chi connectivity index (χ4v) is 1.93. The van der Waals surface area contributed by atoms with Gasteiger partial charge in [-0.25, -0.2) is 4.79 Å². The van der Waals surface area contributed by atoms with Crippen molar-refractivity contribution in [1.82, 2.24) is 9.88 Å². The van der Waals surface area contributed by atoms with Crippen LogP contribution in [0.3, 0.4) is 0 Å². The van der Waals surface area contributed by atoms with Crippen LogP contribution in [0.2, 0.25) is 0 Å². The molecule has 0 saturated carbocycles. The number of fused-ring (bicyclic) bond motifs is 1. The summed E-state index contributed by atoms with van der Waals surface area (Å²) in [5.41, 5.74) is -0.151. The second kappa shape index (κ2) is 5.12. The van der Waals surface area contributed by atoms with E-state index in [1.54, 1.807) is 19.2 Å². The number of carbonyl (C=O) groups excluding carboxylic acids is 1. The van der Waals surface area contributed by atoms with E-state index in [2.05, 4.69) is 4.98 Å². The normalized spacial score (nSPS) is 11.4. The monoisotopic (exact) mass is 290 g/mol. The molecule has 0 unspecified atom stereocenters. The van der Waals surface area contributed by atoms with Gasteiger partial charge in [-0.05, 0) is 38.1 Å². The molecule has 0 saturated heterocycles. The Morgan fingerprint density at radius 2 is 1.95 bits per heavy atom. The minimum absolute atomic E-state index is 0.343. The number of amides is 1. The molecule has 2 rings (SSSR count). The number of ether oxygens (including phenoxy) is 1. The molecule has 0 radical (unpaired) electrons. The Kier molecular flexibility index (Phi) is 3.63. The van der Waals surface area contributed by atoms with Crippen molar-refractivity contribution in [3.63, 3.8) is 0 Å².